The van der Waals surface area contributed by atoms with E-state index in [1.807, 2.05) is 23.1 Å². The molecule has 0 bridgehead atoms. The third-order valence-corrected chi connectivity index (χ3v) is 4.05. The fourth-order valence-electron chi connectivity index (χ4n) is 2.55. The third-order valence-electron chi connectivity index (χ3n) is 3.56. The van der Waals surface area contributed by atoms with Gasteiger partial charge in [0.2, 0.25) is 0 Å². The summed E-state index contributed by atoms with van der Waals surface area (Å²) >= 11 is 3.41. The summed E-state index contributed by atoms with van der Waals surface area (Å²) in [7, 11) is 1.41. The molecule has 20 heavy (non-hydrogen) atoms. The molecule has 3 rings (SSSR count). The molecule has 1 aliphatic rings. The molecule has 0 amide bonds. The van der Waals surface area contributed by atoms with Crippen molar-refractivity contribution in [3.63, 3.8) is 0 Å². The van der Waals surface area contributed by atoms with Gasteiger partial charge < -0.3 is 14.1 Å². The van der Waals surface area contributed by atoms with E-state index in [9.17, 15) is 4.79 Å². The fraction of sp³-hybridized carbons (Fsp3) is 0.429. The van der Waals surface area contributed by atoms with Gasteiger partial charge in [-0.05, 0) is 37.5 Å². The number of hydrogen-bond donors (Lipinski definition) is 0. The van der Waals surface area contributed by atoms with Gasteiger partial charge in [0.1, 0.15) is 11.6 Å². The van der Waals surface area contributed by atoms with E-state index in [2.05, 4.69) is 20.9 Å². The highest BCUT2D eigenvalue weighted by Crippen LogP contribution is 2.29. The molecule has 0 saturated carbocycles. The van der Waals surface area contributed by atoms with Gasteiger partial charge in [0.25, 0.3) is 6.01 Å². The minimum atomic E-state index is -0.301. The van der Waals surface area contributed by atoms with Crippen molar-refractivity contribution in [3.05, 3.63) is 22.7 Å². The molecule has 1 aromatic carbocycles. The van der Waals surface area contributed by atoms with Gasteiger partial charge in [-0.15, -0.1) is 0 Å². The molecule has 2 heterocycles. The number of methoxy groups -OCH3 is 1. The molecule has 1 saturated heterocycles. The van der Waals surface area contributed by atoms with Crippen LogP contribution in [0.1, 0.15) is 19.3 Å². The molecular weight excluding hydrogens is 324 g/mol. The van der Waals surface area contributed by atoms with Crippen LogP contribution in [-0.2, 0) is 9.53 Å². The van der Waals surface area contributed by atoms with Crippen molar-refractivity contribution in [1.29, 1.82) is 0 Å². The Morgan fingerprint density at radius 2 is 2.35 bits per heavy atom. The smallest absolute Gasteiger partial charge is 0.328 e. The fourth-order valence-corrected chi connectivity index (χ4v) is 2.89. The summed E-state index contributed by atoms with van der Waals surface area (Å²) in [5, 5.41) is 0. The predicted molar refractivity (Wildman–Crippen MR) is 78.7 cm³/mol. The molecule has 5 nitrogen and oxygen atoms in total. The molecule has 0 aliphatic carbocycles. The molecule has 106 valence electrons. The highest BCUT2D eigenvalue weighted by atomic mass is 79.9. The van der Waals surface area contributed by atoms with E-state index in [1.54, 1.807) is 0 Å². The molecule has 6 heteroatoms. The summed E-state index contributed by atoms with van der Waals surface area (Å²) in [6.45, 7) is 0.758. The van der Waals surface area contributed by atoms with Crippen molar-refractivity contribution in [3.8, 4) is 0 Å². The first-order valence-corrected chi connectivity index (χ1v) is 7.39. The van der Waals surface area contributed by atoms with Gasteiger partial charge in [-0.1, -0.05) is 15.9 Å². The number of benzene rings is 1. The highest BCUT2D eigenvalue weighted by molar-refractivity contribution is 9.10. The van der Waals surface area contributed by atoms with Crippen molar-refractivity contribution in [2.24, 2.45) is 0 Å². The van der Waals surface area contributed by atoms with Gasteiger partial charge in [0.15, 0.2) is 5.58 Å². The summed E-state index contributed by atoms with van der Waals surface area (Å²) in [6.07, 6.45) is 2.81. The van der Waals surface area contributed by atoms with Crippen LogP contribution >= 0.6 is 15.9 Å². The zero-order valence-corrected chi connectivity index (χ0v) is 12.7. The van der Waals surface area contributed by atoms with E-state index in [0.717, 1.165) is 35.8 Å². The molecule has 0 radical (unpaired) electrons. The molecule has 1 fully saturated rings. The molecule has 1 aromatic heterocycles. The molecule has 0 spiro atoms. The number of oxazole rings is 1. The normalized spacial score (nSPS) is 19.3. The molecule has 2 aromatic rings. The highest BCUT2D eigenvalue weighted by Gasteiger charge is 2.32. The summed E-state index contributed by atoms with van der Waals surface area (Å²) < 4.78 is 11.6. The van der Waals surface area contributed by atoms with Crippen molar-refractivity contribution in [2.45, 2.75) is 25.3 Å². The second-order valence-corrected chi connectivity index (χ2v) is 5.75. The maximum atomic E-state index is 11.9. The van der Waals surface area contributed by atoms with Gasteiger partial charge in [-0.3, -0.25) is 0 Å². The third kappa shape index (κ3) is 2.40. The second-order valence-electron chi connectivity index (χ2n) is 4.84. The Hall–Kier alpha value is -1.56. The summed E-state index contributed by atoms with van der Waals surface area (Å²) in [5.41, 5.74) is 1.50. The molecule has 1 unspecified atom stereocenters. The largest absolute Gasteiger partial charge is 0.467 e. The SMILES string of the molecule is COC(=O)C1CCCCN1c1nc2ccc(Br)cc2o1. The number of aromatic nitrogens is 1. The average molecular weight is 339 g/mol. The summed E-state index contributed by atoms with van der Waals surface area (Å²) in [5.74, 6) is -0.229. The van der Waals surface area contributed by atoms with E-state index < -0.39 is 0 Å². The van der Waals surface area contributed by atoms with Crippen molar-refractivity contribution in [1.82, 2.24) is 4.98 Å². The minimum absolute atomic E-state index is 0.229. The van der Waals surface area contributed by atoms with E-state index in [-0.39, 0.29) is 12.0 Å². The lowest BCUT2D eigenvalue weighted by Gasteiger charge is -2.32. The number of anilines is 1. The van der Waals surface area contributed by atoms with E-state index >= 15 is 0 Å². The number of fused-ring (bicyclic) bond motifs is 1. The number of hydrogen-bond acceptors (Lipinski definition) is 5. The summed E-state index contributed by atoms with van der Waals surface area (Å²) in [6, 6.07) is 5.88. The maximum Gasteiger partial charge on any atom is 0.328 e. The maximum absolute atomic E-state index is 11.9. The van der Waals surface area contributed by atoms with Gasteiger partial charge in [-0.2, -0.15) is 4.98 Å². The van der Waals surface area contributed by atoms with Gasteiger partial charge >= 0.3 is 5.97 Å². The number of ether oxygens (including phenoxy) is 1. The van der Waals surface area contributed by atoms with Gasteiger partial charge in [0, 0.05) is 11.0 Å². The number of halogens is 1. The number of piperidine rings is 1. The molecule has 1 atom stereocenters. The van der Waals surface area contributed by atoms with E-state index in [4.69, 9.17) is 9.15 Å². The lowest BCUT2D eigenvalue weighted by atomic mass is 10.0. The summed E-state index contributed by atoms with van der Waals surface area (Å²) in [4.78, 5) is 18.3. The zero-order chi connectivity index (χ0) is 14.1. The average Bonchev–Trinajstić information content (AvgIpc) is 2.89. The Morgan fingerprint density at radius 1 is 1.50 bits per heavy atom. The van der Waals surface area contributed by atoms with Crippen LogP contribution in [0.25, 0.3) is 11.1 Å². The van der Waals surface area contributed by atoms with Crippen LogP contribution in [0, 0.1) is 0 Å². The first kappa shape index (κ1) is 13.4. The lowest BCUT2D eigenvalue weighted by Crippen LogP contribution is -2.45. The molecule has 0 N–H and O–H groups in total. The minimum Gasteiger partial charge on any atom is -0.467 e. The van der Waals surface area contributed by atoms with E-state index in [1.165, 1.54) is 7.11 Å². The number of nitrogens with zero attached hydrogens (tertiary/aromatic N) is 2. The lowest BCUT2D eigenvalue weighted by molar-refractivity contribution is -0.142. The van der Waals surface area contributed by atoms with Crippen molar-refractivity contribution in [2.75, 3.05) is 18.6 Å². The number of carbonyl (C=O) groups excluding carboxylic acids is 1. The molecule has 1 aliphatic heterocycles. The van der Waals surface area contributed by atoms with Crippen LogP contribution in [-0.4, -0.2) is 30.6 Å². The molecular formula is C14H15BrN2O3. The topological polar surface area (TPSA) is 55.6 Å². The first-order chi connectivity index (χ1) is 9.69. The van der Waals surface area contributed by atoms with Crippen LogP contribution in [0.3, 0.4) is 0 Å². The van der Waals surface area contributed by atoms with E-state index in [0.29, 0.717) is 11.6 Å². The standard InChI is InChI=1S/C14H15BrN2O3/c1-19-13(18)11-4-2-3-7-17(11)14-16-10-6-5-9(15)8-12(10)20-14/h5-6,8,11H,2-4,7H2,1H3. The number of rotatable bonds is 2. The van der Waals surface area contributed by atoms with Crippen LogP contribution in [0.2, 0.25) is 0 Å². The Labute approximate surface area is 125 Å². The van der Waals surface area contributed by atoms with Crippen LogP contribution in [0.5, 0.6) is 0 Å². The van der Waals surface area contributed by atoms with Crippen LogP contribution in [0.15, 0.2) is 27.1 Å². The second kappa shape index (κ2) is 5.44. The van der Waals surface area contributed by atoms with Crippen LogP contribution in [0.4, 0.5) is 6.01 Å². The van der Waals surface area contributed by atoms with Crippen LogP contribution < -0.4 is 4.90 Å². The Bertz CT molecular complexity index is 640. The first-order valence-electron chi connectivity index (χ1n) is 6.59. The quantitative estimate of drug-likeness (QED) is 0.787. The number of carbonyl (C=O) groups is 1. The van der Waals surface area contributed by atoms with Gasteiger partial charge in [-0.25, -0.2) is 4.79 Å². The monoisotopic (exact) mass is 338 g/mol. The zero-order valence-electron chi connectivity index (χ0n) is 11.1. The van der Waals surface area contributed by atoms with Gasteiger partial charge in [0.05, 0.1) is 7.11 Å². The number of esters is 1. The van der Waals surface area contributed by atoms with Crippen molar-refractivity contribution >= 4 is 39.0 Å². The Balaban J connectivity index is 1.97. The van der Waals surface area contributed by atoms with Crippen molar-refractivity contribution < 1.29 is 13.9 Å². The Kier molecular flexibility index (Phi) is 3.65. The Morgan fingerprint density at radius 3 is 3.15 bits per heavy atom. The predicted octanol–water partition coefficient (Wildman–Crippen LogP) is 3.12.